The minimum absolute atomic E-state index is 0.432. The van der Waals surface area contributed by atoms with Crippen molar-refractivity contribution >= 4 is 78.0 Å². The molecular formula is C20H19Cl2IOS. The molecule has 0 spiro atoms. The summed E-state index contributed by atoms with van der Waals surface area (Å²) in [4.78, 5) is 0. The molecule has 0 aliphatic heterocycles. The van der Waals surface area contributed by atoms with Crippen LogP contribution in [0.3, 0.4) is 0 Å². The quantitative estimate of drug-likeness (QED) is 0.283. The van der Waals surface area contributed by atoms with E-state index in [1.807, 2.05) is 6.07 Å². The monoisotopic (exact) mass is 504 g/mol. The number of aliphatic hydroxyl groups excluding tert-OH is 1. The van der Waals surface area contributed by atoms with E-state index in [0.29, 0.717) is 16.0 Å². The van der Waals surface area contributed by atoms with Crippen LogP contribution in [0.1, 0.15) is 50.2 Å². The van der Waals surface area contributed by atoms with Gasteiger partial charge in [0.15, 0.2) is 0 Å². The number of hydrogen-bond donors (Lipinski definition) is 1. The van der Waals surface area contributed by atoms with Crippen molar-refractivity contribution in [2.24, 2.45) is 5.92 Å². The summed E-state index contributed by atoms with van der Waals surface area (Å²) in [6, 6.07) is 6.19. The second-order valence-corrected chi connectivity index (χ2v) is 9.75. The highest BCUT2D eigenvalue weighted by atomic mass is 127. The number of rotatable bonds is 3. The van der Waals surface area contributed by atoms with Gasteiger partial charge in [0.05, 0.1) is 19.7 Å². The molecule has 1 fully saturated rings. The van der Waals surface area contributed by atoms with Crippen LogP contribution in [-0.4, -0.2) is 5.11 Å². The summed E-state index contributed by atoms with van der Waals surface area (Å²) in [5.41, 5.74) is 1.02. The van der Waals surface area contributed by atoms with E-state index in [2.05, 4.69) is 40.1 Å². The lowest BCUT2D eigenvalue weighted by Gasteiger charge is -2.24. The molecule has 1 saturated carbocycles. The first-order valence-corrected chi connectivity index (χ1v) is 11.4. The zero-order chi connectivity index (χ0) is 17.6. The first-order chi connectivity index (χ1) is 12.1. The first-order valence-electron chi connectivity index (χ1n) is 8.71. The van der Waals surface area contributed by atoms with E-state index in [0.717, 1.165) is 36.4 Å². The Morgan fingerprint density at radius 3 is 2.64 bits per heavy atom. The molecule has 0 saturated heterocycles. The fraction of sp³-hybridized carbons (Fsp3) is 0.400. The minimum Gasteiger partial charge on any atom is -0.388 e. The fourth-order valence-electron chi connectivity index (χ4n) is 4.05. The van der Waals surface area contributed by atoms with Gasteiger partial charge in [0, 0.05) is 15.5 Å². The zero-order valence-electron chi connectivity index (χ0n) is 13.7. The maximum Gasteiger partial charge on any atom is 0.0806 e. The van der Waals surface area contributed by atoms with E-state index in [4.69, 9.17) is 23.2 Å². The van der Waals surface area contributed by atoms with Gasteiger partial charge in [0.1, 0.15) is 0 Å². The summed E-state index contributed by atoms with van der Waals surface area (Å²) in [7, 11) is 0. The molecule has 3 aromatic rings. The van der Waals surface area contributed by atoms with Crippen LogP contribution in [0.2, 0.25) is 10.0 Å². The summed E-state index contributed by atoms with van der Waals surface area (Å²) in [6.45, 7) is 0. The number of hydrogen-bond acceptors (Lipinski definition) is 2. The van der Waals surface area contributed by atoms with Gasteiger partial charge in [-0.3, -0.25) is 0 Å². The van der Waals surface area contributed by atoms with Crippen molar-refractivity contribution in [2.45, 2.75) is 44.6 Å². The molecule has 5 heteroatoms. The lowest BCUT2D eigenvalue weighted by molar-refractivity contribution is 0.133. The summed E-state index contributed by atoms with van der Waals surface area (Å²) in [6.07, 6.45) is 6.84. The van der Waals surface area contributed by atoms with E-state index >= 15 is 0 Å². The Morgan fingerprint density at radius 2 is 1.88 bits per heavy atom. The van der Waals surface area contributed by atoms with Crippen LogP contribution in [0, 0.1) is 9.49 Å². The minimum atomic E-state index is -0.432. The van der Waals surface area contributed by atoms with Crippen LogP contribution in [0.25, 0.3) is 20.9 Å². The van der Waals surface area contributed by atoms with Crippen LogP contribution in [0.5, 0.6) is 0 Å². The van der Waals surface area contributed by atoms with Gasteiger partial charge in [0.2, 0.25) is 0 Å². The molecule has 1 aliphatic rings. The number of aliphatic hydroxyl groups is 1. The van der Waals surface area contributed by atoms with Gasteiger partial charge < -0.3 is 5.11 Å². The Labute approximate surface area is 175 Å². The third-order valence-corrected chi connectivity index (χ3v) is 8.77. The lowest BCUT2D eigenvalue weighted by atomic mass is 9.84. The molecule has 1 N–H and O–H groups in total. The average Bonchev–Trinajstić information content (AvgIpc) is 3.10. The molecule has 2 aromatic carbocycles. The van der Waals surface area contributed by atoms with Crippen LogP contribution >= 0.6 is 57.1 Å². The van der Waals surface area contributed by atoms with E-state index < -0.39 is 6.10 Å². The Kier molecular flexibility index (Phi) is 5.50. The van der Waals surface area contributed by atoms with E-state index in [9.17, 15) is 5.11 Å². The van der Waals surface area contributed by atoms with Crippen molar-refractivity contribution in [3.8, 4) is 0 Å². The normalized spacial score (nSPS) is 17.4. The summed E-state index contributed by atoms with van der Waals surface area (Å²) < 4.78 is 2.03. The topological polar surface area (TPSA) is 20.2 Å². The van der Waals surface area contributed by atoms with Crippen LogP contribution < -0.4 is 0 Å². The molecule has 25 heavy (non-hydrogen) atoms. The average molecular weight is 505 g/mol. The van der Waals surface area contributed by atoms with Gasteiger partial charge in [0.25, 0.3) is 0 Å². The highest BCUT2D eigenvalue weighted by Crippen LogP contribution is 2.43. The van der Waals surface area contributed by atoms with E-state index in [1.165, 1.54) is 32.1 Å². The molecular weight excluding hydrogens is 486 g/mol. The third kappa shape index (κ3) is 3.43. The molecule has 1 heterocycles. The molecule has 1 atom stereocenters. The van der Waals surface area contributed by atoms with Gasteiger partial charge in [-0.1, -0.05) is 55.3 Å². The number of halogens is 3. The van der Waals surface area contributed by atoms with E-state index in [-0.39, 0.29) is 0 Å². The molecule has 0 bridgehead atoms. The molecule has 132 valence electrons. The number of thiophene rings is 1. The zero-order valence-corrected chi connectivity index (χ0v) is 18.2. The van der Waals surface area contributed by atoms with Crippen molar-refractivity contribution in [1.29, 1.82) is 0 Å². The molecule has 4 rings (SSSR count). The molecule has 1 unspecified atom stereocenters. The maximum absolute atomic E-state index is 11.0. The standard InChI is InChI=1S/C20H19Cl2IOS/c21-16-10-13-12-6-7-25-20(12)15(9-14(13)18(22)19(16)23)17(24)8-11-4-2-1-3-5-11/h6-7,9-11,17,24H,1-5,8H2. The second-order valence-electron chi connectivity index (χ2n) is 6.97. The van der Waals surface area contributed by atoms with Crippen molar-refractivity contribution in [3.63, 3.8) is 0 Å². The molecule has 0 radical (unpaired) electrons. The second kappa shape index (κ2) is 7.51. The third-order valence-electron chi connectivity index (χ3n) is 5.36. The van der Waals surface area contributed by atoms with Gasteiger partial charge in [-0.15, -0.1) is 11.3 Å². The van der Waals surface area contributed by atoms with Gasteiger partial charge >= 0.3 is 0 Å². The Morgan fingerprint density at radius 1 is 1.12 bits per heavy atom. The van der Waals surface area contributed by atoms with Gasteiger partial charge in [-0.2, -0.15) is 0 Å². The van der Waals surface area contributed by atoms with Gasteiger partial charge in [-0.05, 0) is 69.5 Å². The molecule has 1 nitrogen and oxygen atoms in total. The van der Waals surface area contributed by atoms with Crippen molar-refractivity contribution in [2.75, 3.05) is 0 Å². The maximum atomic E-state index is 11.0. The Bertz CT molecular complexity index is 930. The Hall–Kier alpha value is -0.0700. The smallest absolute Gasteiger partial charge is 0.0806 e. The first kappa shape index (κ1) is 18.3. The summed E-state index contributed by atoms with van der Waals surface area (Å²) in [5, 5.41) is 17.6. The molecule has 1 aliphatic carbocycles. The van der Waals surface area contributed by atoms with Crippen molar-refractivity contribution in [1.82, 2.24) is 0 Å². The molecule has 0 amide bonds. The summed E-state index contributed by atoms with van der Waals surface area (Å²) in [5.74, 6) is 0.635. The predicted octanol–water partition coefficient (Wildman–Crippen LogP) is 7.97. The molecule has 1 aromatic heterocycles. The predicted molar refractivity (Wildman–Crippen MR) is 118 cm³/mol. The summed E-state index contributed by atoms with van der Waals surface area (Å²) >= 11 is 16.8. The van der Waals surface area contributed by atoms with Crippen molar-refractivity contribution in [3.05, 3.63) is 42.8 Å². The Balaban J connectivity index is 1.83. The van der Waals surface area contributed by atoms with Gasteiger partial charge in [-0.25, -0.2) is 0 Å². The highest BCUT2D eigenvalue weighted by Gasteiger charge is 2.22. The van der Waals surface area contributed by atoms with E-state index in [1.54, 1.807) is 11.3 Å². The largest absolute Gasteiger partial charge is 0.388 e. The van der Waals surface area contributed by atoms with Crippen LogP contribution in [-0.2, 0) is 0 Å². The van der Waals surface area contributed by atoms with Crippen LogP contribution in [0.15, 0.2) is 23.6 Å². The van der Waals surface area contributed by atoms with Crippen LogP contribution in [0.4, 0.5) is 0 Å². The highest BCUT2D eigenvalue weighted by molar-refractivity contribution is 14.1. The lowest BCUT2D eigenvalue weighted by Crippen LogP contribution is -2.11. The number of fused-ring (bicyclic) bond motifs is 3. The SMILES string of the molecule is OC(CC1CCCCC1)c1cc2c(Cl)c(I)c(Cl)cc2c2ccsc12. The van der Waals surface area contributed by atoms with Crippen molar-refractivity contribution < 1.29 is 5.11 Å². The number of benzene rings is 2. The fourth-order valence-corrected chi connectivity index (χ4v) is 5.98.